The lowest BCUT2D eigenvalue weighted by Gasteiger charge is -2.42. The molecular weight excluding hydrogens is 458 g/mol. The van der Waals surface area contributed by atoms with Gasteiger partial charge in [0.05, 0.1) is 6.20 Å². The Bertz CT molecular complexity index is 1160. The Hall–Kier alpha value is -2.80. The smallest absolute Gasteiger partial charge is 0.336 e. The van der Waals surface area contributed by atoms with Gasteiger partial charge in [-0.2, -0.15) is 0 Å². The zero-order chi connectivity index (χ0) is 25.1. The van der Waals surface area contributed by atoms with Gasteiger partial charge >= 0.3 is 7.60 Å². The van der Waals surface area contributed by atoms with Crippen LogP contribution in [-0.2, 0) is 20.9 Å². The minimum absolute atomic E-state index is 0.168. The molecule has 0 saturated carbocycles. The third kappa shape index (κ3) is 5.14. The van der Waals surface area contributed by atoms with Gasteiger partial charge < -0.3 is 19.6 Å². The highest BCUT2D eigenvalue weighted by Gasteiger charge is 2.53. The second kappa shape index (κ2) is 10.2. The zero-order valence-electron chi connectivity index (χ0n) is 19.7. The molecule has 3 N–H and O–H groups in total. The molecule has 3 rings (SSSR count). The summed E-state index contributed by atoms with van der Waals surface area (Å²) < 4.78 is 31.0. The van der Waals surface area contributed by atoms with Crippen molar-refractivity contribution >= 4 is 19.2 Å². The molecule has 0 radical (unpaired) electrons. The SMILES string of the molecule is CC(C)C(c1ccc(NC(=O)CCc2cnoc2-c2ccc(F)cc2)cc1)(C(C)C)P(=O)(O)O. The van der Waals surface area contributed by atoms with Crippen LogP contribution in [0.4, 0.5) is 10.1 Å². The number of benzene rings is 2. The molecule has 0 aliphatic rings. The number of carbonyl (C=O) groups is 1. The number of hydrogen-bond donors (Lipinski definition) is 3. The van der Waals surface area contributed by atoms with E-state index in [0.717, 1.165) is 5.56 Å². The van der Waals surface area contributed by atoms with Crippen molar-refractivity contribution in [3.05, 3.63) is 71.7 Å². The molecule has 0 fully saturated rings. The van der Waals surface area contributed by atoms with Crippen molar-refractivity contribution in [1.29, 1.82) is 0 Å². The van der Waals surface area contributed by atoms with Crippen LogP contribution in [0.2, 0.25) is 0 Å². The van der Waals surface area contributed by atoms with Gasteiger partial charge in [0.2, 0.25) is 5.91 Å². The molecule has 0 aliphatic carbocycles. The Labute approximate surface area is 198 Å². The molecule has 34 heavy (non-hydrogen) atoms. The third-order valence-electron chi connectivity index (χ3n) is 6.25. The molecule has 9 heteroatoms. The number of rotatable bonds is 9. The Morgan fingerprint density at radius 3 is 2.18 bits per heavy atom. The lowest BCUT2D eigenvalue weighted by atomic mass is 9.79. The van der Waals surface area contributed by atoms with Crippen LogP contribution in [0.1, 0.15) is 45.2 Å². The second-order valence-corrected chi connectivity index (χ2v) is 10.8. The molecule has 0 aliphatic heterocycles. The van der Waals surface area contributed by atoms with Gasteiger partial charge in [-0.1, -0.05) is 45.0 Å². The summed E-state index contributed by atoms with van der Waals surface area (Å²) in [5, 5.41) is 5.29. The van der Waals surface area contributed by atoms with Gasteiger partial charge in [-0.3, -0.25) is 9.36 Å². The van der Waals surface area contributed by atoms with Crippen molar-refractivity contribution in [2.75, 3.05) is 5.32 Å². The third-order valence-corrected chi connectivity index (χ3v) is 8.50. The van der Waals surface area contributed by atoms with Crippen LogP contribution in [0, 0.1) is 17.7 Å². The first-order valence-electron chi connectivity index (χ1n) is 11.1. The van der Waals surface area contributed by atoms with Crippen LogP contribution in [-0.4, -0.2) is 20.9 Å². The predicted octanol–water partition coefficient (Wildman–Crippen LogP) is 5.74. The summed E-state index contributed by atoms with van der Waals surface area (Å²) >= 11 is 0. The summed E-state index contributed by atoms with van der Waals surface area (Å²) in [4.78, 5) is 33.0. The van der Waals surface area contributed by atoms with Crippen LogP contribution in [0.25, 0.3) is 11.3 Å². The van der Waals surface area contributed by atoms with Gasteiger partial charge in [0.1, 0.15) is 11.0 Å². The van der Waals surface area contributed by atoms with E-state index in [9.17, 15) is 23.5 Å². The Balaban J connectivity index is 1.70. The van der Waals surface area contributed by atoms with Gasteiger partial charge in [0.25, 0.3) is 0 Å². The summed E-state index contributed by atoms with van der Waals surface area (Å²) in [6.45, 7) is 7.22. The van der Waals surface area contributed by atoms with Crippen molar-refractivity contribution in [3.8, 4) is 11.3 Å². The normalized spacial score (nSPS) is 12.4. The largest absolute Gasteiger partial charge is 0.356 e. The first kappa shape index (κ1) is 25.8. The quantitative estimate of drug-likeness (QED) is 0.331. The van der Waals surface area contributed by atoms with E-state index in [1.54, 1.807) is 70.3 Å². The van der Waals surface area contributed by atoms with Crippen molar-refractivity contribution in [2.45, 2.75) is 45.7 Å². The van der Waals surface area contributed by atoms with E-state index < -0.39 is 12.8 Å². The standard InChI is InChI=1S/C25H30FN2O5P/c1-16(2)25(17(3)4,34(30,31)32)20-8-12-22(13-9-20)28-23(29)14-7-19-15-27-33-24(19)18-5-10-21(26)11-6-18/h5-6,8-13,15-17H,7,14H2,1-4H3,(H,28,29)(H2,30,31,32). The van der Waals surface area contributed by atoms with Crippen molar-refractivity contribution < 1.29 is 28.1 Å². The lowest BCUT2D eigenvalue weighted by Crippen LogP contribution is -2.37. The first-order chi connectivity index (χ1) is 16.0. The average Bonchev–Trinajstić information content (AvgIpc) is 3.21. The van der Waals surface area contributed by atoms with Crippen molar-refractivity contribution in [3.63, 3.8) is 0 Å². The number of hydrogen-bond acceptors (Lipinski definition) is 4. The van der Waals surface area contributed by atoms with E-state index in [0.29, 0.717) is 29.0 Å². The maximum atomic E-state index is 13.2. The number of carbonyl (C=O) groups excluding carboxylic acids is 1. The molecular formula is C25H30FN2O5P. The van der Waals surface area contributed by atoms with Crippen LogP contribution in [0.3, 0.4) is 0 Å². The summed E-state index contributed by atoms with van der Waals surface area (Å²) in [6.07, 6.45) is 2.09. The summed E-state index contributed by atoms with van der Waals surface area (Å²) in [5.41, 5.74) is 2.48. The topological polar surface area (TPSA) is 113 Å². The highest BCUT2D eigenvalue weighted by atomic mass is 31.2. The van der Waals surface area contributed by atoms with Crippen molar-refractivity contribution in [2.24, 2.45) is 11.8 Å². The van der Waals surface area contributed by atoms with Crippen LogP contribution < -0.4 is 5.32 Å². The van der Waals surface area contributed by atoms with E-state index in [4.69, 9.17) is 4.52 Å². The van der Waals surface area contributed by atoms with E-state index in [2.05, 4.69) is 10.5 Å². The van der Waals surface area contributed by atoms with Crippen LogP contribution in [0.5, 0.6) is 0 Å². The molecule has 0 atom stereocenters. The summed E-state index contributed by atoms with van der Waals surface area (Å²) in [5.74, 6) is -0.684. The number of halogens is 1. The molecule has 7 nitrogen and oxygen atoms in total. The second-order valence-electron chi connectivity index (χ2n) is 8.99. The number of nitrogens with one attached hydrogen (secondary N) is 1. The predicted molar refractivity (Wildman–Crippen MR) is 129 cm³/mol. The molecule has 182 valence electrons. The van der Waals surface area contributed by atoms with Gasteiger partial charge in [-0.15, -0.1) is 0 Å². The van der Waals surface area contributed by atoms with Crippen LogP contribution >= 0.6 is 7.60 Å². The zero-order valence-corrected chi connectivity index (χ0v) is 20.6. The maximum Gasteiger partial charge on any atom is 0.336 e. The van der Waals surface area contributed by atoms with E-state index >= 15 is 0 Å². The monoisotopic (exact) mass is 488 g/mol. The van der Waals surface area contributed by atoms with E-state index in [-0.39, 0.29) is 30.0 Å². The average molecular weight is 488 g/mol. The molecule has 1 aromatic heterocycles. The summed E-state index contributed by atoms with van der Waals surface area (Å²) in [6, 6.07) is 12.5. The highest BCUT2D eigenvalue weighted by molar-refractivity contribution is 7.53. The van der Waals surface area contributed by atoms with Gasteiger partial charge in [-0.05, 0) is 60.2 Å². The maximum absolute atomic E-state index is 13.2. The fourth-order valence-corrected chi connectivity index (χ4v) is 6.57. The molecule has 0 spiro atoms. The number of anilines is 1. The number of nitrogens with zero attached hydrogens (tertiary/aromatic N) is 1. The first-order valence-corrected chi connectivity index (χ1v) is 12.7. The number of aromatic nitrogens is 1. The Morgan fingerprint density at radius 2 is 1.65 bits per heavy atom. The minimum atomic E-state index is -4.48. The fourth-order valence-electron chi connectivity index (χ4n) is 4.74. The highest BCUT2D eigenvalue weighted by Crippen LogP contribution is 2.64. The molecule has 0 unspecified atom stereocenters. The molecule has 3 aromatic rings. The fraction of sp³-hybridized carbons (Fsp3) is 0.360. The molecule has 2 aromatic carbocycles. The van der Waals surface area contributed by atoms with Crippen molar-refractivity contribution in [1.82, 2.24) is 5.16 Å². The molecule has 0 bridgehead atoms. The number of amides is 1. The Kier molecular flexibility index (Phi) is 7.76. The van der Waals surface area contributed by atoms with Gasteiger partial charge in [-0.25, -0.2) is 4.39 Å². The van der Waals surface area contributed by atoms with Crippen LogP contribution in [0.15, 0.2) is 59.3 Å². The molecule has 0 saturated heterocycles. The summed E-state index contributed by atoms with van der Waals surface area (Å²) in [7, 11) is -4.48. The Morgan fingerprint density at radius 1 is 1.06 bits per heavy atom. The van der Waals surface area contributed by atoms with Gasteiger partial charge in [0, 0.05) is 23.2 Å². The van der Waals surface area contributed by atoms with Gasteiger partial charge in [0.15, 0.2) is 5.76 Å². The van der Waals surface area contributed by atoms with E-state index in [1.165, 1.54) is 12.1 Å². The number of aryl methyl sites for hydroxylation is 1. The van der Waals surface area contributed by atoms with E-state index in [1.807, 2.05) is 0 Å². The lowest BCUT2D eigenvalue weighted by molar-refractivity contribution is -0.116. The molecule has 1 heterocycles. The minimum Gasteiger partial charge on any atom is -0.356 e. The molecule has 1 amide bonds.